The van der Waals surface area contributed by atoms with Crippen LogP contribution in [-0.2, 0) is 9.53 Å². The number of nitrogens with one attached hydrogen (secondary N) is 2. The van der Waals surface area contributed by atoms with Gasteiger partial charge >= 0.3 is 5.97 Å². The molecule has 1 atom stereocenters. The van der Waals surface area contributed by atoms with E-state index in [-0.39, 0.29) is 17.2 Å². The molecule has 0 saturated heterocycles. The quantitative estimate of drug-likeness (QED) is 0.575. The van der Waals surface area contributed by atoms with E-state index >= 15 is 0 Å². The fourth-order valence-electron chi connectivity index (χ4n) is 2.96. The van der Waals surface area contributed by atoms with Crippen molar-refractivity contribution in [2.45, 2.75) is 19.8 Å². The van der Waals surface area contributed by atoms with Crippen molar-refractivity contribution in [2.75, 3.05) is 17.7 Å². The maximum atomic E-state index is 13.4. The molecule has 2 heterocycles. The Bertz CT molecular complexity index is 921. The highest BCUT2D eigenvalue weighted by Crippen LogP contribution is 2.43. The van der Waals surface area contributed by atoms with Crippen molar-refractivity contribution in [3.8, 4) is 0 Å². The average molecular weight is 360 g/mol. The van der Waals surface area contributed by atoms with Gasteiger partial charge in [0.2, 0.25) is 0 Å². The summed E-state index contributed by atoms with van der Waals surface area (Å²) in [6, 6.07) is 5.90. The molecule has 8 heteroatoms. The van der Waals surface area contributed by atoms with E-state index in [0.29, 0.717) is 34.0 Å². The molecule has 0 spiro atoms. The lowest BCUT2D eigenvalue weighted by molar-refractivity contribution is -0.138. The van der Waals surface area contributed by atoms with Crippen LogP contribution in [0.4, 0.5) is 16.0 Å². The van der Waals surface area contributed by atoms with Crippen molar-refractivity contribution in [1.29, 1.82) is 0 Å². The molecule has 0 saturated carbocycles. The first-order chi connectivity index (χ1) is 11.9. The number of hydrogen-bond donors (Lipinski definition) is 3. The lowest BCUT2D eigenvalue weighted by Crippen LogP contribution is -2.26. The summed E-state index contributed by atoms with van der Waals surface area (Å²) in [6.07, 6.45) is 0. The number of halogens is 1. The van der Waals surface area contributed by atoms with E-state index in [1.807, 2.05) is 0 Å². The van der Waals surface area contributed by atoms with Crippen LogP contribution < -0.4 is 11.1 Å². The minimum absolute atomic E-state index is 0.231. The second kappa shape index (κ2) is 6.64. The molecule has 6 nitrogen and oxygen atoms in total. The smallest absolute Gasteiger partial charge is 0.336 e. The molecule has 1 aliphatic heterocycles. The van der Waals surface area contributed by atoms with Gasteiger partial charge in [-0.25, -0.2) is 14.2 Å². The Morgan fingerprint density at radius 1 is 1.40 bits per heavy atom. The van der Waals surface area contributed by atoms with Crippen molar-refractivity contribution in [3.05, 3.63) is 57.3 Å². The summed E-state index contributed by atoms with van der Waals surface area (Å²) >= 11 is 5.07. The first-order valence-electron chi connectivity index (χ1n) is 7.72. The van der Waals surface area contributed by atoms with E-state index in [1.165, 1.54) is 12.1 Å². The van der Waals surface area contributed by atoms with Crippen LogP contribution in [0, 0.1) is 10.6 Å². The van der Waals surface area contributed by atoms with Crippen LogP contribution in [0.15, 0.2) is 35.5 Å². The van der Waals surface area contributed by atoms with Crippen molar-refractivity contribution in [2.24, 2.45) is 0 Å². The van der Waals surface area contributed by atoms with Crippen LogP contribution in [0.1, 0.15) is 30.9 Å². The molecular weight excluding hydrogens is 343 g/mol. The van der Waals surface area contributed by atoms with Gasteiger partial charge in [0.05, 0.1) is 18.1 Å². The lowest BCUT2D eigenvalue weighted by atomic mass is 9.82. The Morgan fingerprint density at radius 2 is 2.08 bits per heavy atom. The highest BCUT2D eigenvalue weighted by Gasteiger charge is 2.35. The van der Waals surface area contributed by atoms with Gasteiger partial charge in [0, 0.05) is 11.3 Å². The molecule has 0 fully saturated rings. The molecule has 0 amide bonds. The number of rotatable bonds is 3. The van der Waals surface area contributed by atoms with Crippen LogP contribution in [-0.4, -0.2) is 22.5 Å². The molecule has 4 N–H and O–H groups in total. The number of allylic oxidation sites excluding steroid dienone is 1. The normalized spacial score (nSPS) is 16.2. The Balaban J connectivity index is 2.26. The number of nitrogen functional groups attached to an aromatic ring is 1. The van der Waals surface area contributed by atoms with E-state index < -0.39 is 11.9 Å². The molecule has 0 bridgehead atoms. The third kappa shape index (κ3) is 3.12. The SMILES string of the molecule is CCOC(=O)C1=C(C)Nc2nc(=S)[nH]c(N)c2C1c1ccc(F)cc1. The maximum Gasteiger partial charge on any atom is 0.336 e. The second-order valence-corrected chi connectivity index (χ2v) is 5.97. The number of ether oxygens (including phenoxy) is 1. The average Bonchev–Trinajstić information content (AvgIpc) is 2.54. The van der Waals surface area contributed by atoms with Crippen LogP contribution in [0.2, 0.25) is 0 Å². The number of aromatic nitrogens is 2. The highest BCUT2D eigenvalue weighted by molar-refractivity contribution is 7.71. The number of benzene rings is 1. The van der Waals surface area contributed by atoms with Crippen LogP contribution in [0.25, 0.3) is 0 Å². The summed E-state index contributed by atoms with van der Waals surface area (Å²) in [7, 11) is 0. The molecular formula is C17H17FN4O2S. The predicted octanol–water partition coefficient (Wildman–Crippen LogP) is 3.25. The van der Waals surface area contributed by atoms with E-state index in [4.69, 9.17) is 22.7 Å². The molecule has 25 heavy (non-hydrogen) atoms. The van der Waals surface area contributed by atoms with Gasteiger partial charge in [0.1, 0.15) is 17.5 Å². The minimum atomic E-state index is -0.546. The monoisotopic (exact) mass is 360 g/mol. The van der Waals surface area contributed by atoms with Gasteiger partial charge in [-0.05, 0) is 43.8 Å². The highest BCUT2D eigenvalue weighted by atomic mass is 32.1. The summed E-state index contributed by atoms with van der Waals surface area (Å²) < 4.78 is 18.8. The summed E-state index contributed by atoms with van der Waals surface area (Å²) in [4.78, 5) is 19.6. The zero-order chi connectivity index (χ0) is 18.1. The molecule has 1 aromatic carbocycles. The van der Waals surface area contributed by atoms with Crippen molar-refractivity contribution >= 4 is 29.8 Å². The predicted molar refractivity (Wildman–Crippen MR) is 95.0 cm³/mol. The first kappa shape index (κ1) is 17.1. The van der Waals surface area contributed by atoms with Crippen LogP contribution in [0.3, 0.4) is 0 Å². The van der Waals surface area contributed by atoms with Gasteiger partial charge in [-0.2, -0.15) is 0 Å². The number of anilines is 2. The molecule has 2 aromatic rings. The van der Waals surface area contributed by atoms with Gasteiger partial charge in [-0.1, -0.05) is 12.1 Å². The number of carbonyl (C=O) groups is 1. The number of H-pyrrole nitrogens is 1. The largest absolute Gasteiger partial charge is 0.463 e. The van der Waals surface area contributed by atoms with Crippen LogP contribution >= 0.6 is 12.2 Å². The zero-order valence-corrected chi connectivity index (χ0v) is 14.5. The Hall–Kier alpha value is -2.74. The summed E-state index contributed by atoms with van der Waals surface area (Å²) in [5.41, 5.74) is 8.40. The van der Waals surface area contributed by atoms with E-state index in [2.05, 4.69) is 15.3 Å². The van der Waals surface area contributed by atoms with Crippen molar-refractivity contribution in [1.82, 2.24) is 9.97 Å². The second-order valence-electron chi connectivity index (χ2n) is 5.59. The topological polar surface area (TPSA) is 93.0 Å². The summed E-state index contributed by atoms with van der Waals surface area (Å²) in [5.74, 6) is -0.605. The molecule has 0 radical (unpaired) electrons. The molecule has 1 aliphatic rings. The van der Waals surface area contributed by atoms with Crippen LogP contribution in [0.5, 0.6) is 0 Å². The number of fused-ring (bicyclic) bond motifs is 1. The number of carbonyl (C=O) groups excluding carboxylic acids is 1. The zero-order valence-electron chi connectivity index (χ0n) is 13.7. The van der Waals surface area contributed by atoms with Crippen molar-refractivity contribution in [3.63, 3.8) is 0 Å². The standard InChI is InChI=1S/C17H17FN4O2S/c1-3-24-16(23)11-8(2)20-15-13(14(19)21-17(25)22-15)12(11)9-4-6-10(18)7-5-9/h4-7,12H,3H2,1-2H3,(H4,19,20,21,22,25). The van der Waals surface area contributed by atoms with Crippen molar-refractivity contribution < 1.29 is 13.9 Å². The molecule has 1 unspecified atom stereocenters. The Labute approximate surface area is 148 Å². The molecule has 1 aromatic heterocycles. The third-order valence-electron chi connectivity index (χ3n) is 3.99. The molecule has 3 rings (SSSR count). The van der Waals surface area contributed by atoms with E-state index in [0.717, 1.165) is 0 Å². The van der Waals surface area contributed by atoms with Gasteiger partial charge in [-0.3, -0.25) is 0 Å². The number of esters is 1. The third-order valence-corrected chi connectivity index (χ3v) is 4.18. The maximum absolute atomic E-state index is 13.4. The van der Waals surface area contributed by atoms with E-state index in [9.17, 15) is 9.18 Å². The Kier molecular flexibility index (Phi) is 4.54. The minimum Gasteiger partial charge on any atom is -0.463 e. The number of nitrogens with two attached hydrogens (primary N) is 1. The Morgan fingerprint density at radius 3 is 2.72 bits per heavy atom. The number of nitrogens with zero attached hydrogens (tertiary/aromatic N) is 1. The summed E-state index contributed by atoms with van der Waals surface area (Å²) in [6.45, 7) is 3.73. The fraction of sp³-hybridized carbons (Fsp3) is 0.235. The van der Waals surface area contributed by atoms with E-state index in [1.54, 1.807) is 26.0 Å². The number of hydrogen-bond acceptors (Lipinski definition) is 6. The number of aromatic amines is 1. The fourth-order valence-corrected chi connectivity index (χ4v) is 3.16. The first-order valence-corrected chi connectivity index (χ1v) is 8.13. The van der Waals surface area contributed by atoms with Gasteiger partial charge in [0.25, 0.3) is 0 Å². The van der Waals surface area contributed by atoms with Gasteiger partial charge < -0.3 is 20.8 Å². The lowest BCUT2D eigenvalue weighted by Gasteiger charge is -2.30. The summed E-state index contributed by atoms with van der Waals surface area (Å²) in [5, 5.41) is 3.07. The van der Waals surface area contributed by atoms with Gasteiger partial charge in [-0.15, -0.1) is 0 Å². The molecule has 0 aliphatic carbocycles. The van der Waals surface area contributed by atoms with Gasteiger partial charge in [0.15, 0.2) is 4.77 Å². The molecule has 130 valence electrons.